The van der Waals surface area contributed by atoms with E-state index in [0.29, 0.717) is 11.6 Å². The van der Waals surface area contributed by atoms with E-state index in [2.05, 4.69) is 62.8 Å². The van der Waals surface area contributed by atoms with Gasteiger partial charge in [0.05, 0.1) is 15.4 Å². The third-order valence-electron chi connectivity index (χ3n) is 5.25. The van der Waals surface area contributed by atoms with E-state index in [9.17, 15) is 0 Å². The van der Waals surface area contributed by atoms with Crippen LogP contribution in [0.1, 0.15) is 56.3 Å². The van der Waals surface area contributed by atoms with Crippen molar-refractivity contribution >= 4 is 22.6 Å². The highest BCUT2D eigenvalue weighted by molar-refractivity contribution is 7.19. The minimum Gasteiger partial charge on any atom is -0.342 e. The third kappa shape index (κ3) is 4.56. The molecule has 0 saturated heterocycles. The molecule has 0 fully saturated rings. The van der Waals surface area contributed by atoms with Gasteiger partial charge in [0, 0.05) is 17.6 Å². The quantitative estimate of drug-likeness (QED) is 0.415. The van der Waals surface area contributed by atoms with Crippen LogP contribution >= 0.6 is 11.3 Å². The van der Waals surface area contributed by atoms with E-state index < -0.39 is 0 Å². The number of nitrogens with zero attached hydrogens (tertiary/aromatic N) is 2. The molecule has 0 aromatic carbocycles. The Morgan fingerprint density at radius 3 is 2.52 bits per heavy atom. The number of allylic oxidation sites excluding steroid dienone is 2. The van der Waals surface area contributed by atoms with Crippen LogP contribution in [-0.4, -0.2) is 20.7 Å². The fourth-order valence-corrected chi connectivity index (χ4v) is 4.81. The molecule has 3 heterocycles. The molecule has 0 aliphatic rings. The van der Waals surface area contributed by atoms with Gasteiger partial charge >= 0.3 is 0 Å². The van der Waals surface area contributed by atoms with E-state index in [1.54, 1.807) is 11.3 Å². The maximum atomic E-state index is 7.97. The molecule has 0 amide bonds. The van der Waals surface area contributed by atoms with Gasteiger partial charge in [0.2, 0.25) is 0 Å². The Bertz CT molecular complexity index is 1030. The highest BCUT2D eigenvalue weighted by atomic mass is 32.1. The van der Waals surface area contributed by atoms with Crippen molar-refractivity contribution in [1.29, 1.82) is 5.41 Å². The average molecular weight is 407 g/mol. The summed E-state index contributed by atoms with van der Waals surface area (Å²) in [6, 6.07) is 6.38. The van der Waals surface area contributed by atoms with Crippen molar-refractivity contribution in [3.8, 4) is 21.1 Å². The maximum absolute atomic E-state index is 7.97. The summed E-state index contributed by atoms with van der Waals surface area (Å²) in [6.45, 7) is 12.5. The van der Waals surface area contributed by atoms with Crippen LogP contribution < -0.4 is 0 Å². The highest BCUT2D eigenvalue weighted by Gasteiger charge is 2.20. The van der Waals surface area contributed by atoms with Gasteiger partial charge in [-0.1, -0.05) is 19.9 Å². The number of imidazole rings is 1. The number of nitrogens with one attached hydrogen (secondary N) is 2. The summed E-state index contributed by atoms with van der Waals surface area (Å²) in [7, 11) is 0. The second-order valence-corrected chi connectivity index (χ2v) is 8.75. The molecule has 0 radical (unpaired) electrons. The van der Waals surface area contributed by atoms with Gasteiger partial charge < -0.3 is 10.4 Å². The predicted molar refractivity (Wildman–Crippen MR) is 125 cm³/mol. The van der Waals surface area contributed by atoms with E-state index in [4.69, 9.17) is 10.4 Å². The van der Waals surface area contributed by atoms with Crippen molar-refractivity contribution < 1.29 is 0 Å². The molecule has 4 nitrogen and oxygen atoms in total. The lowest BCUT2D eigenvalue weighted by Gasteiger charge is -2.15. The summed E-state index contributed by atoms with van der Waals surface area (Å²) >= 11 is 1.74. The first kappa shape index (κ1) is 21.2. The molecule has 0 atom stereocenters. The first-order chi connectivity index (χ1) is 13.8. The Morgan fingerprint density at radius 1 is 1.21 bits per heavy atom. The van der Waals surface area contributed by atoms with Crippen molar-refractivity contribution in [3.05, 3.63) is 53.1 Å². The number of hydrogen-bond donors (Lipinski definition) is 2. The lowest BCUT2D eigenvalue weighted by molar-refractivity contribution is 0.620. The zero-order valence-electron chi connectivity index (χ0n) is 18.2. The standard InChI is InChI=1S/C24H30N4S/c1-7-18(8-2)19(12-16(5)25)24-27-17(6)22(28-24)23-15(4)11-21(29-23)20-10-9-14(3)13-26-20/h9-13,18,25H,7-8H2,1-6H3,(H,27,28)/b19-12-,25-16?. The van der Waals surface area contributed by atoms with Crippen LogP contribution in [0.25, 0.3) is 26.7 Å². The number of H-pyrrole nitrogens is 1. The fraction of sp³-hybridized carbons (Fsp3) is 0.375. The Morgan fingerprint density at radius 2 is 1.93 bits per heavy atom. The molecule has 0 aliphatic heterocycles. The Kier molecular flexibility index (Phi) is 6.48. The molecular formula is C24H30N4S. The Labute approximate surface area is 177 Å². The summed E-state index contributed by atoms with van der Waals surface area (Å²) in [5.74, 6) is 1.28. The zero-order chi connectivity index (χ0) is 21.1. The largest absolute Gasteiger partial charge is 0.342 e. The van der Waals surface area contributed by atoms with E-state index in [1.165, 1.54) is 10.4 Å². The number of rotatable bonds is 7. The second-order valence-electron chi connectivity index (χ2n) is 7.70. The van der Waals surface area contributed by atoms with Gasteiger partial charge in [0.25, 0.3) is 0 Å². The molecule has 152 valence electrons. The summed E-state index contributed by atoms with van der Waals surface area (Å²) in [4.78, 5) is 15.4. The number of hydrogen-bond acceptors (Lipinski definition) is 4. The molecule has 3 aromatic rings. The SMILES string of the molecule is CCC(CC)/C(=C/C(C)=N)c1nc(-c2sc(-c3ccc(C)cn3)cc2C)c(C)[nH]1. The highest BCUT2D eigenvalue weighted by Crippen LogP contribution is 2.39. The minimum absolute atomic E-state index is 0.394. The van der Waals surface area contributed by atoms with Crippen molar-refractivity contribution in [2.24, 2.45) is 5.92 Å². The van der Waals surface area contributed by atoms with Gasteiger partial charge in [-0.25, -0.2) is 4.98 Å². The second kappa shape index (κ2) is 8.87. The molecule has 3 aromatic heterocycles. The molecule has 2 N–H and O–H groups in total. The molecule has 0 bridgehead atoms. The molecule has 0 aliphatic carbocycles. The first-order valence-corrected chi connectivity index (χ1v) is 11.0. The molecule has 3 rings (SSSR count). The Balaban J connectivity index is 2.04. The molecule has 0 saturated carbocycles. The molecule has 29 heavy (non-hydrogen) atoms. The zero-order valence-corrected chi connectivity index (χ0v) is 19.0. The maximum Gasteiger partial charge on any atom is 0.134 e. The molecule has 0 unspecified atom stereocenters. The van der Waals surface area contributed by atoms with Crippen LogP contribution in [0.5, 0.6) is 0 Å². The van der Waals surface area contributed by atoms with Crippen LogP contribution in [0.4, 0.5) is 0 Å². The van der Waals surface area contributed by atoms with Gasteiger partial charge in [0.1, 0.15) is 11.5 Å². The molecule has 0 spiro atoms. The lowest BCUT2D eigenvalue weighted by Crippen LogP contribution is -2.04. The van der Waals surface area contributed by atoms with Crippen LogP contribution in [0.2, 0.25) is 0 Å². The van der Waals surface area contributed by atoms with Crippen molar-refractivity contribution in [3.63, 3.8) is 0 Å². The normalized spacial score (nSPS) is 12.0. The number of aryl methyl sites for hydroxylation is 3. The van der Waals surface area contributed by atoms with E-state index >= 15 is 0 Å². The number of thiophene rings is 1. The van der Waals surface area contributed by atoms with Gasteiger partial charge in [-0.3, -0.25) is 4.98 Å². The van der Waals surface area contributed by atoms with E-state index in [1.807, 2.05) is 19.2 Å². The number of aromatic nitrogens is 3. The number of aromatic amines is 1. The fourth-order valence-electron chi connectivity index (χ4n) is 3.62. The van der Waals surface area contributed by atoms with Gasteiger partial charge in [-0.2, -0.15) is 0 Å². The van der Waals surface area contributed by atoms with Crippen molar-refractivity contribution in [2.45, 2.75) is 54.4 Å². The summed E-state index contributed by atoms with van der Waals surface area (Å²) < 4.78 is 0. The van der Waals surface area contributed by atoms with Crippen LogP contribution in [0.3, 0.4) is 0 Å². The Hall–Kier alpha value is -2.53. The minimum atomic E-state index is 0.394. The van der Waals surface area contributed by atoms with Gasteiger partial charge in [-0.05, 0) is 81.4 Å². The predicted octanol–water partition coefficient (Wildman–Crippen LogP) is 6.98. The molecular weight excluding hydrogens is 376 g/mol. The van der Waals surface area contributed by atoms with Gasteiger partial charge in [0.15, 0.2) is 0 Å². The monoisotopic (exact) mass is 406 g/mol. The van der Waals surface area contributed by atoms with Crippen molar-refractivity contribution in [1.82, 2.24) is 15.0 Å². The summed E-state index contributed by atoms with van der Waals surface area (Å²) in [5.41, 5.74) is 7.13. The van der Waals surface area contributed by atoms with Crippen molar-refractivity contribution in [2.75, 3.05) is 0 Å². The molecule has 5 heteroatoms. The van der Waals surface area contributed by atoms with Crippen LogP contribution in [-0.2, 0) is 0 Å². The first-order valence-electron chi connectivity index (χ1n) is 10.2. The number of pyridine rings is 1. The smallest absolute Gasteiger partial charge is 0.134 e. The summed E-state index contributed by atoms with van der Waals surface area (Å²) in [5, 5.41) is 7.97. The van der Waals surface area contributed by atoms with Crippen LogP contribution in [0.15, 0.2) is 30.5 Å². The average Bonchev–Trinajstić information content (AvgIpc) is 3.24. The van der Waals surface area contributed by atoms with Gasteiger partial charge in [-0.15, -0.1) is 11.3 Å². The van der Waals surface area contributed by atoms with E-state index in [0.717, 1.165) is 51.8 Å². The summed E-state index contributed by atoms with van der Waals surface area (Å²) in [6.07, 6.45) is 5.94. The lowest BCUT2D eigenvalue weighted by atomic mass is 9.92. The third-order valence-corrected chi connectivity index (χ3v) is 6.52. The van der Waals surface area contributed by atoms with E-state index in [-0.39, 0.29) is 0 Å². The topological polar surface area (TPSA) is 65.4 Å². The van der Waals surface area contributed by atoms with Crippen LogP contribution in [0, 0.1) is 32.1 Å².